The highest BCUT2D eigenvalue weighted by Crippen LogP contribution is 2.30. The van der Waals surface area contributed by atoms with Crippen molar-refractivity contribution in [2.45, 2.75) is 179 Å². The van der Waals surface area contributed by atoms with E-state index in [1.165, 1.54) is 0 Å². The molecule has 1 aromatic carbocycles. The Kier molecular flexibility index (Phi) is 30.0. The maximum absolute atomic E-state index is 13.3. The summed E-state index contributed by atoms with van der Waals surface area (Å²) in [5.41, 5.74) is 0.0895. The third kappa shape index (κ3) is 27.1. The molecule has 0 aromatic heterocycles. The quantitative estimate of drug-likeness (QED) is 0.0429. The van der Waals surface area contributed by atoms with Crippen molar-refractivity contribution in [1.29, 1.82) is 0 Å². The predicted molar refractivity (Wildman–Crippen MR) is 261 cm³/mol. The summed E-state index contributed by atoms with van der Waals surface area (Å²) in [4.78, 5) is 135. The molecule has 70 heavy (non-hydrogen) atoms. The highest BCUT2D eigenvalue weighted by atomic mass is 16.6. The Labute approximate surface area is 414 Å². The highest BCUT2D eigenvalue weighted by Gasteiger charge is 2.36. The van der Waals surface area contributed by atoms with Crippen molar-refractivity contribution in [2.75, 3.05) is 0 Å². The molecule has 0 spiro atoms. The molecule has 16 heteroatoms. The minimum absolute atomic E-state index is 0.00416. The molecule has 0 aliphatic heterocycles. The van der Waals surface area contributed by atoms with Crippen LogP contribution in [-0.2, 0) is 68.8 Å². The summed E-state index contributed by atoms with van der Waals surface area (Å²) in [6.07, 6.45) is 0.519. The molecule has 7 atom stereocenters. The number of Topliss-reactive ketones (excluding diaryl/α,β-unsaturated/α-hetero) is 6. The Hall–Kier alpha value is -5.41. The lowest BCUT2D eigenvalue weighted by Gasteiger charge is -2.25. The van der Waals surface area contributed by atoms with Gasteiger partial charge >= 0.3 is 29.8 Å². The van der Waals surface area contributed by atoms with Gasteiger partial charge in [0.2, 0.25) is 11.6 Å². The number of carbonyl (C=O) groups excluding carboxylic acids is 8. The molecule has 0 bridgehead atoms. The molecular weight excluding hydrogens is 905 g/mol. The molecule has 0 saturated heterocycles. The molecular formula is C54H82O16. The molecule has 0 amide bonds. The van der Waals surface area contributed by atoms with Crippen LogP contribution in [0.1, 0.15) is 172 Å². The van der Waals surface area contributed by atoms with Crippen molar-refractivity contribution in [1.82, 2.24) is 0 Å². The molecule has 1 rings (SSSR count). The Morgan fingerprint density at radius 1 is 0.514 bits per heavy atom. The summed E-state index contributed by atoms with van der Waals surface area (Å²) in [6, 6.07) is 9.29. The zero-order valence-electron chi connectivity index (χ0n) is 43.7. The van der Waals surface area contributed by atoms with Gasteiger partial charge in [-0.2, -0.15) is 0 Å². The Balaban J connectivity index is 0.00000136. The number of hydrogen-bond acceptors (Lipinski definition) is 13. The van der Waals surface area contributed by atoms with E-state index in [9.17, 15) is 52.7 Å². The van der Waals surface area contributed by atoms with E-state index in [1.807, 2.05) is 85.7 Å². The Bertz CT molecular complexity index is 1910. The van der Waals surface area contributed by atoms with Gasteiger partial charge < -0.3 is 24.8 Å². The summed E-state index contributed by atoms with van der Waals surface area (Å²) < 4.78 is 10.7. The van der Waals surface area contributed by atoms with Crippen LogP contribution in [-0.4, -0.2) is 85.5 Å². The Morgan fingerprint density at radius 2 is 0.943 bits per heavy atom. The number of ketones is 6. The number of carboxylic acid groups (broad SMARTS) is 3. The van der Waals surface area contributed by atoms with Crippen LogP contribution in [0.3, 0.4) is 0 Å². The SMILES string of the molecule is CC(C)CC(CC(=O)C(CCC(=O)O)CC(=O)OC(C)(C)C)C(=O)CC(CC(C)C)C(=O)C(=O)O.CCC(CC(=O)C(CC(=O)C(CC(=O)OCc1ccccc1)C(C)CC)CC(C)C)C(=O)C(=O)O. The normalized spacial score (nSPS) is 14.4. The fourth-order valence-electron chi connectivity index (χ4n) is 8.19. The van der Waals surface area contributed by atoms with E-state index in [1.54, 1.807) is 27.7 Å². The van der Waals surface area contributed by atoms with Gasteiger partial charge in [-0.25, -0.2) is 9.59 Å². The molecule has 0 saturated carbocycles. The molecule has 0 aliphatic rings. The number of aliphatic carboxylic acids is 3. The molecule has 0 aliphatic carbocycles. The Morgan fingerprint density at radius 3 is 1.37 bits per heavy atom. The van der Waals surface area contributed by atoms with Gasteiger partial charge in [-0.05, 0) is 82.1 Å². The van der Waals surface area contributed by atoms with Crippen molar-refractivity contribution in [3.63, 3.8) is 0 Å². The zero-order chi connectivity index (χ0) is 54.1. The van der Waals surface area contributed by atoms with E-state index >= 15 is 0 Å². The molecule has 7 unspecified atom stereocenters. The maximum Gasteiger partial charge on any atom is 0.372 e. The summed E-state index contributed by atoms with van der Waals surface area (Å²) in [5, 5.41) is 27.2. The van der Waals surface area contributed by atoms with E-state index in [4.69, 9.17) is 24.8 Å². The van der Waals surface area contributed by atoms with Gasteiger partial charge in [0.1, 0.15) is 35.3 Å². The third-order valence-corrected chi connectivity index (χ3v) is 12.0. The van der Waals surface area contributed by atoms with Crippen molar-refractivity contribution in [2.24, 2.45) is 59.2 Å². The first-order valence-corrected chi connectivity index (χ1v) is 24.7. The van der Waals surface area contributed by atoms with Crippen LogP contribution in [0, 0.1) is 59.2 Å². The van der Waals surface area contributed by atoms with E-state index < -0.39 is 88.3 Å². The van der Waals surface area contributed by atoms with Crippen LogP contribution in [0.15, 0.2) is 30.3 Å². The average Bonchev–Trinajstić information content (AvgIpc) is 3.25. The summed E-state index contributed by atoms with van der Waals surface area (Å²) >= 11 is 0. The number of carbonyl (C=O) groups is 11. The van der Waals surface area contributed by atoms with Crippen molar-refractivity contribution in [3.05, 3.63) is 35.9 Å². The van der Waals surface area contributed by atoms with Crippen LogP contribution < -0.4 is 0 Å². The summed E-state index contributed by atoms with van der Waals surface area (Å²) in [5.74, 6) is -13.2. The van der Waals surface area contributed by atoms with Gasteiger partial charge in [0.25, 0.3) is 0 Å². The van der Waals surface area contributed by atoms with Crippen LogP contribution in [0.5, 0.6) is 0 Å². The van der Waals surface area contributed by atoms with Crippen LogP contribution >= 0.6 is 0 Å². The number of benzene rings is 1. The van der Waals surface area contributed by atoms with Crippen molar-refractivity contribution < 1.29 is 77.5 Å². The first kappa shape index (κ1) is 64.6. The molecule has 0 radical (unpaired) electrons. The van der Waals surface area contributed by atoms with Crippen LogP contribution in [0.25, 0.3) is 0 Å². The minimum atomic E-state index is -1.59. The number of esters is 2. The van der Waals surface area contributed by atoms with E-state index in [2.05, 4.69) is 0 Å². The van der Waals surface area contributed by atoms with E-state index in [-0.39, 0.29) is 112 Å². The van der Waals surface area contributed by atoms with E-state index in [0.717, 1.165) is 5.56 Å². The second kappa shape index (κ2) is 32.5. The van der Waals surface area contributed by atoms with Crippen molar-refractivity contribution >= 4 is 64.5 Å². The number of hydrogen-bond donors (Lipinski definition) is 3. The lowest BCUT2D eigenvalue weighted by molar-refractivity contribution is -0.157. The van der Waals surface area contributed by atoms with Gasteiger partial charge in [-0.15, -0.1) is 0 Å². The van der Waals surface area contributed by atoms with Gasteiger partial charge in [0, 0.05) is 67.6 Å². The summed E-state index contributed by atoms with van der Waals surface area (Å²) in [6.45, 7) is 22.0. The molecule has 1 aromatic rings. The zero-order valence-corrected chi connectivity index (χ0v) is 43.7. The maximum atomic E-state index is 13.3. The number of carboxylic acids is 3. The fourth-order valence-corrected chi connectivity index (χ4v) is 8.19. The second-order valence-electron chi connectivity index (χ2n) is 20.9. The lowest BCUT2D eigenvalue weighted by atomic mass is 9.78. The average molecular weight is 987 g/mol. The van der Waals surface area contributed by atoms with Gasteiger partial charge in [-0.3, -0.25) is 43.2 Å². The molecule has 0 fully saturated rings. The molecule has 16 nitrogen and oxygen atoms in total. The number of rotatable bonds is 34. The monoisotopic (exact) mass is 987 g/mol. The third-order valence-electron chi connectivity index (χ3n) is 12.0. The van der Waals surface area contributed by atoms with Crippen molar-refractivity contribution in [3.8, 4) is 0 Å². The second-order valence-corrected chi connectivity index (χ2v) is 20.9. The predicted octanol–water partition coefficient (Wildman–Crippen LogP) is 9.14. The van der Waals surface area contributed by atoms with Gasteiger partial charge in [-0.1, -0.05) is 99.1 Å². The highest BCUT2D eigenvalue weighted by molar-refractivity contribution is 6.34. The van der Waals surface area contributed by atoms with Gasteiger partial charge in [0.15, 0.2) is 0 Å². The van der Waals surface area contributed by atoms with Crippen LogP contribution in [0.4, 0.5) is 0 Å². The summed E-state index contributed by atoms with van der Waals surface area (Å²) in [7, 11) is 0. The largest absolute Gasteiger partial charge is 0.481 e. The van der Waals surface area contributed by atoms with E-state index in [0.29, 0.717) is 19.3 Å². The number of ether oxygens (including phenoxy) is 2. The fraction of sp³-hybridized carbons (Fsp3) is 0.685. The van der Waals surface area contributed by atoms with Gasteiger partial charge in [0.05, 0.1) is 12.8 Å². The molecule has 0 heterocycles. The minimum Gasteiger partial charge on any atom is -0.481 e. The molecule has 394 valence electrons. The first-order valence-electron chi connectivity index (χ1n) is 24.7. The molecule has 3 N–H and O–H groups in total. The standard InChI is InChI=1S/C28H40O7.C26H42O9/c1-6-19(5)23(16-26(31)35-17-20-11-9-8-10-12-20)25(30)15-22(13-18(3)4)24(29)14-21(7-2)27(32)28(33)34;1-15(2)10-18(21(28)13-19(11-16(3)4)24(32)25(33)34)12-20(27)17(8-9-22(29)30)14-23(31)35-26(5,6)7/h8-12,18-19,21-23H,6-7,13-17H2,1-5H3,(H,33,34);15-19H,8-14H2,1-7H3,(H,29,30)(H,33,34). The first-order chi connectivity index (χ1) is 32.4. The topological polar surface area (TPSA) is 267 Å². The van der Waals surface area contributed by atoms with Crippen LogP contribution in [0.2, 0.25) is 0 Å². The smallest absolute Gasteiger partial charge is 0.372 e. The lowest BCUT2D eigenvalue weighted by Crippen LogP contribution is -2.32.